The van der Waals surface area contributed by atoms with Crippen molar-refractivity contribution in [2.45, 2.75) is 26.4 Å². The van der Waals surface area contributed by atoms with Crippen LogP contribution in [-0.4, -0.2) is 22.2 Å². The van der Waals surface area contributed by atoms with Crippen molar-refractivity contribution in [3.8, 4) is 5.75 Å². The lowest BCUT2D eigenvalue weighted by molar-refractivity contribution is -0.136. The molecule has 0 atom stereocenters. The molecular weight excluding hydrogens is 182 g/mol. The number of hydrogen-bond donors (Lipinski definition) is 1. The van der Waals surface area contributed by atoms with E-state index in [1.165, 1.54) is 6.20 Å². The van der Waals surface area contributed by atoms with E-state index < -0.39 is 5.97 Å². The Bertz CT molecular complexity index is 323. The third-order valence-electron chi connectivity index (χ3n) is 1.57. The number of hydrogen-bond acceptors (Lipinski definition) is 3. The first kappa shape index (κ1) is 10.5. The summed E-state index contributed by atoms with van der Waals surface area (Å²) in [7, 11) is 0. The van der Waals surface area contributed by atoms with Gasteiger partial charge in [-0.25, -0.2) is 0 Å². The molecule has 0 aliphatic heterocycles. The Labute approximate surface area is 82.5 Å². The van der Waals surface area contributed by atoms with Gasteiger partial charge in [-0.3, -0.25) is 9.78 Å². The highest BCUT2D eigenvalue weighted by molar-refractivity contribution is 5.71. The van der Waals surface area contributed by atoms with Crippen LogP contribution in [0.25, 0.3) is 0 Å². The van der Waals surface area contributed by atoms with Gasteiger partial charge in [-0.05, 0) is 19.9 Å². The zero-order valence-electron chi connectivity index (χ0n) is 8.23. The molecule has 0 unspecified atom stereocenters. The summed E-state index contributed by atoms with van der Waals surface area (Å²) in [5.74, 6) is -0.324. The van der Waals surface area contributed by atoms with Crippen LogP contribution in [0, 0.1) is 0 Å². The summed E-state index contributed by atoms with van der Waals surface area (Å²) in [5, 5.41) is 8.65. The average Bonchev–Trinajstić information content (AvgIpc) is 2.06. The minimum absolute atomic E-state index is 0.0201. The molecule has 0 fully saturated rings. The fourth-order valence-corrected chi connectivity index (χ4v) is 1.08. The van der Waals surface area contributed by atoms with Crippen LogP contribution in [0.5, 0.6) is 5.75 Å². The van der Waals surface area contributed by atoms with Crippen LogP contribution >= 0.6 is 0 Å². The van der Waals surface area contributed by atoms with Crippen molar-refractivity contribution in [3.05, 3.63) is 24.0 Å². The highest BCUT2D eigenvalue weighted by Gasteiger charge is 2.08. The minimum atomic E-state index is -0.871. The normalized spacial score (nSPS) is 10.2. The summed E-state index contributed by atoms with van der Waals surface area (Å²) in [6, 6.07) is 1.66. The Morgan fingerprint density at radius 1 is 1.64 bits per heavy atom. The molecule has 0 radical (unpaired) electrons. The molecule has 1 aromatic heterocycles. The summed E-state index contributed by atoms with van der Waals surface area (Å²) < 4.78 is 5.42. The maximum atomic E-state index is 10.5. The molecule has 0 saturated carbocycles. The van der Waals surface area contributed by atoms with Crippen LogP contribution in [0.4, 0.5) is 0 Å². The van der Waals surface area contributed by atoms with Crippen LogP contribution in [0.1, 0.15) is 19.4 Å². The number of nitrogens with zero attached hydrogens (tertiary/aromatic N) is 1. The topological polar surface area (TPSA) is 59.4 Å². The SMILES string of the molecule is CC(C)Oc1cnccc1CC(=O)O. The molecule has 1 rings (SSSR count). The fourth-order valence-electron chi connectivity index (χ4n) is 1.08. The van der Waals surface area contributed by atoms with Crippen LogP contribution in [0.15, 0.2) is 18.5 Å². The first-order valence-corrected chi connectivity index (χ1v) is 4.41. The monoisotopic (exact) mass is 195 g/mol. The molecule has 0 aliphatic carbocycles. The van der Waals surface area contributed by atoms with E-state index in [1.807, 2.05) is 13.8 Å². The number of carboxylic acids is 1. The van der Waals surface area contributed by atoms with Gasteiger partial charge in [-0.1, -0.05) is 0 Å². The maximum absolute atomic E-state index is 10.5. The van der Waals surface area contributed by atoms with E-state index in [1.54, 1.807) is 12.3 Å². The molecule has 1 N–H and O–H groups in total. The van der Waals surface area contributed by atoms with Gasteiger partial charge in [0.1, 0.15) is 5.75 Å². The Kier molecular flexibility index (Phi) is 3.45. The molecule has 0 bridgehead atoms. The van der Waals surface area contributed by atoms with Gasteiger partial charge < -0.3 is 9.84 Å². The van der Waals surface area contributed by atoms with Crippen molar-refractivity contribution >= 4 is 5.97 Å². The lowest BCUT2D eigenvalue weighted by Crippen LogP contribution is -2.09. The van der Waals surface area contributed by atoms with Crippen LogP contribution < -0.4 is 4.74 Å². The van der Waals surface area contributed by atoms with Crippen molar-refractivity contribution in [1.82, 2.24) is 4.98 Å². The van der Waals surface area contributed by atoms with E-state index in [-0.39, 0.29) is 12.5 Å². The molecule has 4 heteroatoms. The van der Waals surface area contributed by atoms with Crippen molar-refractivity contribution in [3.63, 3.8) is 0 Å². The van der Waals surface area contributed by atoms with Crippen molar-refractivity contribution < 1.29 is 14.6 Å². The van der Waals surface area contributed by atoms with Crippen molar-refractivity contribution in [2.75, 3.05) is 0 Å². The standard InChI is InChI=1S/C10H13NO3/c1-7(2)14-9-6-11-4-3-8(9)5-10(12)13/h3-4,6-7H,5H2,1-2H3,(H,12,13). The second kappa shape index (κ2) is 4.60. The molecule has 0 saturated heterocycles. The summed E-state index contributed by atoms with van der Waals surface area (Å²) in [6.45, 7) is 3.77. The van der Waals surface area contributed by atoms with E-state index in [4.69, 9.17) is 9.84 Å². The van der Waals surface area contributed by atoms with Gasteiger partial charge in [0.05, 0.1) is 18.7 Å². The van der Waals surface area contributed by atoms with Gasteiger partial charge in [0, 0.05) is 11.8 Å². The maximum Gasteiger partial charge on any atom is 0.307 e. The van der Waals surface area contributed by atoms with E-state index in [0.29, 0.717) is 11.3 Å². The van der Waals surface area contributed by atoms with Gasteiger partial charge in [-0.15, -0.1) is 0 Å². The molecule has 0 aromatic carbocycles. The molecule has 0 spiro atoms. The van der Waals surface area contributed by atoms with Gasteiger partial charge >= 0.3 is 5.97 Å². The number of pyridine rings is 1. The fraction of sp³-hybridized carbons (Fsp3) is 0.400. The molecule has 0 aliphatic rings. The second-order valence-electron chi connectivity index (χ2n) is 3.22. The zero-order chi connectivity index (χ0) is 10.6. The number of carbonyl (C=O) groups is 1. The summed E-state index contributed by atoms with van der Waals surface area (Å²) in [5.41, 5.74) is 0.654. The summed E-state index contributed by atoms with van der Waals surface area (Å²) in [6.07, 6.45) is 3.08. The van der Waals surface area contributed by atoms with E-state index in [9.17, 15) is 4.79 Å². The van der Waals surface area contributed by atoms with E-state index >= 15 is 0 Å². The first-order valence-electron chi connectivity index (χ1n) is 4.41. The first-order chi connectivity index (χ1) is 6.59. The summed E-state index contributed by atoms with van der Waals surface area (Å²) in [4.78, 5) is 14.4. The smallest absolute Gasteiger partial charge is 0.307 e. The van der Waals surface area contributed by atoms with Crippen molar-refractivity contribution in [1.29, 1.82) is 0 Å². The quantitative estimate of drug-likeness (QED) is 0.790. The zero-order valence-corrected chi connectivity index (χ0v) is 8.23. The van der Waals surface area contributed by atoms with E-state index in [0.717, 1.165) is 0 Å². The van der Waals surface area contributed by atoms with Gasteiger partial charge in [0.25, 0.3) is 0 Å². The van der Waals surface area contributed by atoms with Gasteiger partial charge in [-0.2, -0.15) is 0 Å². The number of rotatable bonds is 4. The minimum Gasteiger partial charge on any atom is -0.489 e. The second-order valence-corrected chi connectivity index (χ2v) is 3.22. The molecule has 1 heterocycles. The molecule has 0 amide bonds. The summed E-state index contributed by atoms with van der Waals surface area (Å²) >= 11 is 0. The number of ether oxygens (including phenoxy) is 1. The predicted octanol–water partition coefficient (Wildman–Crippen LogP) is 1.50. The largest absolute Gasteiger partial charge is 0.489 e. The predicted molar refractivity (Wildman–Crippen MR) is 51.3 cm³/mol. The number of aromatic nitrogens is 1. The number of carboxylic acid groups (broad SMARTS) is 1. The third kappa shape index (κ3) is 3.05. The van der Waals surface area contributed by atoms with Crippen LogP contribution in [-0.2, 0) is 11.2 Å². The Balaban J connectivity index is 2.85. The van der Waals surface area contributed by atoms with Gasteiger partial charge in [0.15, 0.2) is 0 Å². The highest BCUT2D eigenvalue weighted by Crippen LogP contribution is 2.18. The lowest BCUT2D eigenvalue weighted by Gasteiger charge is -2.12. The van der Waals surface area contributed by atoms with Crippen LogP contribution in [0.2, 0.25) is 0 Å². The van der Waals surface area contributed by atoms with Crippen molar-refractivity contribution in [2.24, 2.45) is 0 Å². The average molecular weight is 195 g/mol. The number of aliphatic carboxylic acids is 1. The Morgan fingerprint density at radius 3 is 2.93 bits per heavy atom. The lowest BCUT2D eigenvalue weighted by atomic mass is 10.2. The molecule has 14 heavy (non-hydrogen) atoms. The van der Waals surface area contributed by atoms with Crippen LogP contribution in [0.3, 0.4) is 0 Å². The Hall–Kier alpha value is -1.58. The molecule has 76 valence electrons. The highest BCUT2D eigenvalue weighted by atomic mass is 16.5. The Morgan fingerprint density at radius 2 is 2.36 bits per heavy atom. The third-order valence-corrected chi connectivity index (χ3v) is 1.57. The van der Waals surface area contributed by atoms with Gasteiger partial charge in [0.2, 0.25) is 0 Å². The van der Waals surface area contributed by atoms with E-state index in [2.05, 4.69) is 4.98 Å². The molecular formula is C10H13NO3. The molecule has 1 aromatic rings. The molecule has 4 nitrogen and oxygen atoms in total.